The summed E-state index contributed by atoms with van der Waals surface area (Å²) >= 11 is 0.719. The van der Waals surface area contributed by atoms with Crippen LogP contribution in [-0.4, -0.2) is 45.0 Å². The molecule has 1 unspecified atom stereocenters. The van der Waals surface area contributed by atoms with E-state index in [1.165, 1.54) is 0 Å². The minimum absolute atomic E-state index is 0.0712. The maximum absolute atomic E-state index is 12.3. The van der Waals surface area contributed by atoms with E-state index in [-0.39, 0.29) is 21.0 Å². The Bertz CT molecular complexity index is 572. The third-order valence-corrected chi connectivity index (χ3v) is 5.79. The first-order valence-corrected chi connectivity index (χ1v) is 8.30. The Balaban J connectivity index is 3.01. The van der Waals surface area contributed by atoms with Crippen molar-refractivity contribution in [3.63, 3.8) is 0 Å². The van der Waals surface area contributed by atoms with Gasteiger partial charge in [-0.05, 0) is 26.9 Å². The molecule has 0 radical (unpaired) electrons. The van der Waals surface area contributed by atoms with Gasteiger partial charge < -0.3 is 9.88 Å². The zero-order valence-corrected chi connectivity index (χ0v) is 13.5. The van der Waals surface area contributed by atoms with E-state index < -0.39 is 10.0 Å². The molecule has 0 aliphatic heterocycles. The average Bonchev–Trinajstić information content (AvgIpc) is 2.56. The highest BCUT2D eigenvalue weighted by Gasteiger charge is 2.26. The monoisotopic (exact) mass is 307 g/mol. The Morgan fingerprint density at radius 3 is 2.32 bits per heavy atom. The van der Waals surface area contributed by atoms with Crippen LogP contribution in [0.15, 0.2) is 9.00 Å². The molecule has 0 saturated heterocycles. The highest BCUT2D eigenvalue weighted by Crippen LogP contribution is 2.17. The predicted octanol–water partition coefficient (Wildman–Crippen LogP) is 0.609. The molecular formula is C11H21N3O3S2. The van der Waals surface area contributed by atoms with Crippen molar-refractivity contribution in [3.05, 3.63) is 15.4 Å². The van der Waals surface area contributed by atoms with Crippen molar-refractivity contribution in [3.8, 4) is 0 Å². The number of nitrogens with zero attached hydrogens (tertiary/aromatic N) is 1. The van der Waals surface area contributed by atoms with Crippen molar-refractivity contribution in [2.45, 2.75) is 31.0 Å². The normalized spacial score (nSPS) is 14.3. The first-order valence-electron chi connectivity index (χ1n) is 6.00. The molecule has 1 heterocycles. The molecule has 110 valence electrons. The second-order valence-electron chi connectivity index (χ2n) is 5.16. The van der Waals surface area contributed by atoms with Gasteiger partial charge in [-0.2, -0.15) is 0 Å². The zero-order chi connectivity index (χ0) is 14.8. The second kappa shape index (κ2) is 6.17. The molecule has 2 N–H and O–H groups in total. The molecule has 0 saturated carbocycles. The number of sulfonamides is 1. The Morgan fingerprint density at radius 1 is 1.37 bits per heavy atom. The minimum Gasteiger partial charge on any atom is -0.315 e. The number of aryl methyl sites for hydroxylation is 1. The topological polar surface area (TPSA) is 82.3 Å². The van der Waals surface area contributed by atoms with E-state index in [1.54, 1.807) is 6.92 Å². The quantitative estimate of drug-likeness (QED) is 0.807. The summed E-state index contributed by atoms with van der Waals surface area (Å²) in [7, 11) is 0.136. The van der Waals surface area contributed by atoms with Gasteiger partial charge in [0.1, 0.15) is 0 Å². The summed E-state index contributed by atoms with van der Waals surface area (Å²) in [5, 5.41) is 0. The van der Waals surface area contributed by atoms with Crippen LogP contribution in [0.3, 0.4) is 0 Å². The van der Waals surface area contributed by atoms with E-state index >= 15 is 0 Å². The Kier molecular flexibility index (Phi) is 5.31. The smallest absolute Gasteiger partial charge is 0.305 e. The largest absolute Gasteiger partial charge is 0.315 e. The molecule has 0 aromatic carbocycles. The van der Waals surface area contributed by atoms with Gasteiger partial charge in [-0.1, -0.05) is 25.2 Å². The Morgan fingerprint density at radius 2 is 1.95 bits per heavy atom. The lowest BCUT2D eigenvalue weighted by Crippen LogP contribution is -2.44. The molecule has 1 atom stereocenters. The van der Waals surface area contributed by atoms with E-state index in [4.69, 9.17) is 0 Å². The van der Waals surface area contributed by atoms with Crippen LogP contribution >= 0.6 is 11.3 Å². The van der Waals surface area contributed by atoms with Gasteiger partial charge in [0.05, 0.1) is 0 Å². The molecule has 8 heteroatoms. The summed E-state index contributed by atoms with van der Waals surface area (Å²) < 4.78 is 27.3. The molecule has 1 rings (SSSR count). The van der Waals surface area contributed by atoms with E-state index in [1.807, 2.05) is 32.8 Å². The second-order valence-corrected chi connectivity index (χ2v) is 8.05. The molecule has 1 aromatic heterocycles. The van der Waals surface area contributed by atoms with Gasteiger partial charge in [-0.3, -0.25) is 4.79 Å². The van der Waals surface area contributed by atoms with Crippen LogP contribution in [0, 0.1) is 12.8 Å². The molecule has 19 heavy (non-hydrogen) atoms. The fourth-order valence-corrected chi connectivity index (χ4v) is 4.37. The van der Waals surface area contributed by atoms with Crippen molar-refractivity contribution in [2.24, 2.45) is 5.92 Å². The highest BCUT2D eigenvalue weighted by molar-refractivity contribution is 7.91. The molecule has 0 amide bonds. The number of hydrogen-bond donors (Lipinski definition) is 2. The van der Waals surface area contributed by atoms with Crippen LogP contribution in [-0.2, 0) is 10.0 Å². The number of hydrogen-bond acceptors (Lipinski definition) is 5. The molecule has 1 aromatic rings. The summed E-state index contributed by atoms with van der Waals surface area (Å²) in [6, 6.07) is -0.198. The van der Waals surface area contributed by atoms with Crippen LogP contribution in [0.4, 0.5) is 0 Å². The fraction of sp³-hybridized carbons (Fsp3) is 0.727. The van der Waals surface area contributed by atoms with Crippen molar-refractivity contribution in [1.82, 2.24) is 14.6 Å². The number of likely N-dealkylation sites (N-methyl/N-ethyl adjacent to an activating group) is 1. The lowest BCUT2D eigenvalue weighted by atomic mass is 10.1. The Hall–Kier alpha value is -0.700. The molecule has 0 bridgehead atoms. The number of nitrogens with one attached hydrogen (secondary N) is 2. The third kappa shape index (κ3) is 4.41. The SMILES string of the molecule is Cc1[nH]c(=O)sc1S(=O)(=O)NC(CN(C)C)C(C)C. The maximum atomic E-state index is 12.3. The number of rotatable bonds is 6. The van der Waals surface area contributed by atoms with Crippen LogP contribution in [0.1, 0.15) is 19.5 Å². The molecular weight excluding hydrogens is 286 g/mol. The first kappa shape index (κ1) is 16.4. The van der Waals surface area contributed by atoms with Crippen LogP contribution in [0.5, 0.6) is 0 Å². The zero-order valence-electron chi connectivity index (χ0n) is 11.9. The number of thiazole rings is 1. The Labute approximate surface area is 117 Å². The van der Waals surface area contributed by atoms with Crippen molar-refractivity contribution in [2.75, 3.05) is 20.6 Å². The number of H-pyrrole nitrogens is 1. The third-order valence-electron chi connectivity index (χ3n) is 2.70. The van der Waals surface area contributed by atoms with Gasteiger partial charge in [-0.25, -0.2) is 13.1 Å². The highest BCUT2D eigenvalue weighted by atomic mass is 32.2. The lowest BCUT2D eigenvalue weighted by molar-refractivity contribution is 0.314. The van der Waals surface area contributed by atoms with Crippen molar-refractivity contribution in [1.29, 1.82) is 0 Å². The van der Waals surface area contributed by atoms with Gasteiger partial charge in [0.15, 0.2) is 4.21 Å². The summed E-state index contributed by atoms with van der Waals surface area (Å²) in [6.07, 6.45) is 0. The van der Waals surface area contributed by atoms with E-state index in [9.17, 15) is 13.2 Å². The van der Waals surface area contributed by atoms with E-state index in [0.29, 0.717) is 12.2 Å². The average molecular weight is 307 g/mol. The summed E-state index contributed by atoms with van der Waals surface area (Å²) in [4.78, 5) is 15.3. The van der Waals surface area contributed by atoms with Crippen LogP contribution < -0.4 is 9.60 Å². The summed E-state index contributed by atoms with van der Waals surface area (Å²) in [5.74, 6) is 0.160. The molecule has 0 aliphatic carbocycles. The maximum Gasteiger partial charge on any atom is 0.305 e. The summed E-state index contributed by atoms with van der Waals surface area (Å²) in [5.41, 5.74) is 0.384. The van der Waals surface area contributed by atoms with Crippen LogP contribution in [0.25, 0.3) is 0 Å². The minimum atomic E-state index is -3.65. The van der Waals surface area contributed by atoms with Gasteiger partial charge in [0.25, 0.3) is 10.0 Å². The summed E-state index contributed by atoms with van der Waals surface area (Å²) in [6.45, 7) is 6.12. The molecule has 0 aliphatic rings. The van der Waals surface area contributed by atoms with Crippen molar-refractivity contribution < 1.29 is 8.42 Å². The van der Waals surface area contributed by atoms with E-state index in [2.05, 4.69) is 9.71 Å². The van der Waals surface area contributed by atoms with E-state index in [0.717, 1.165) is 11.3 Å². The van der Waals surface area contributed by atoms with Gasteiger partial charge in [0, 0.05) is 18.3 Å². The first-order chi connectivity index (χ1) is 8.63. The molecule has 0 spiro atoms. The lowest BCUT2D eigenvalue weighted by Gasteiger charge is -2.25. The van der Waals surface area contributed by atoms with Gasteiger partial charge >= 0.3 is 4.87 Å². The van der Waals surface area contributed by atoms with Gasteiger partial charge in [-0.15, -0.1) is 0 Å². The molecule has 6 nitrogen and oxygen atoms in total. The number of aromatic nitrogens is 1. The standard InChI is InChI=1S/C11H21N3O3S2/c1-7(2)9(6-14(4)5)13-19(16,17)10-8(3)12-11(15)18-10/h7,9,13H,6H2,1-5H3,(H,12,15). The fourth-order valence-electron chi connectivity index (χ4n) is 1.68. The molecule has 0 fully saturated rings. The van der Waals surface area contributed by atoms with Crippen molar-refractivity contribution >= 4 is 21.4 Å². The predicted molar refractivity (Wildman–Crippen MR) is 77.2 cm³/mol. The van der Waals surface area contributed by atoms with Gasteiger partial charge in [0.2, 0.25) is 0 Å². The van der Waals surface area contributed by atoms with Crippen LogP contribution in [0.2, 0.25) is 0 Å². The number of aromatic amines is 1.